The van der Waals surface area contributed by atoms with Crippen LogP contribution < -0.4 is 11.1 Å². The Hall–Kier alpha value is -1.84. The van der Waals surface area contributed by atoms with Crippen LogP contribution in [-0.4, -0.2) is 26.3 Å². The van der Waals surface area contributed by atoms with E-state index < -0.39 is 0 Å². The first-order valence-electron chi connectivity index (χ1n) is 7.44. The van der Waals surface area contributed by atoms with E-state index in [1.54, 1.807) is 7.11 Å². The fourth-order valence-electron chi connectivity index (χ4n) is 2.39. The number of hydrogen-bond donors (Lipinski definition) is 2. The molecule has 0 aliphatic rings. The molecule has 21 heavy (non-hydrogen) atoms. The normalized spacial score (nSPS) is 12.1. The third kappa shape index (κ3) is 4.88. The fraction of sp³-hybridized carbons (Fsp3) is 0.333. The van der Waals surface area contributed by atoms with Gasteiger partial charge in [-0.1, -0.05) is 42.5 Å². The van der Waals surface area contributed by atoms with E-state index in [0.29, 0.717) is 12.6 Å². The van der Waals surface area contributed by atoms with Gasteiger partial charge in [0.05, 0.1) is 6.61 Å². The lowest BCUT2D eigenvalue weighted by atomic mass is 10.1. The molecular weight excluding hydrogens is 260 g/mol. The monoisotopic (exact) mass is 284 g/mol. The molecule has 0 saturated carbocycles. The number of nitrogens with one attached hydrogen (secondary N) is 1. The van der Waals surface area contributed by atoms with Crippen LogP contribution in [0.25, 0.3) is 11.1 Å². The van der Waals surface area contributed by atoms with Crippen molar-refractivity contribution in [2.24, 2.45) is 5.73 Å². The van der Waals surface area contributed by atoms with E-state index in [2.05, 4.69) is 53.8 Å². The molecule has 3 N–H and O–H groups in total. The number of benzene rings is 2. The minimum absolute atomic E-state index is 0.307. The zero-order valence-electron chi connectivity index (χ0n) is 12.6. The number of ether oxygens (including phenoxy) is 1. The van der Waals surface area contributed by atoms with Crippen LogP contribution in [0.5, 0.6) is 0 Å². The Morgan fingerprint density at radius 1 is 1.00 bits per heavy atom. The molecule has 0 aromatic heterocycles. The zero-order chi connectivity index (χ0) is 14.9. The van der Waals surface area contributed by atoms with Crippen LogP contribution in [0.1, 0.15) is 12.8 Å². The largest absolute Gasteiger partial charge is 0.383 e. The summed E-state index contributed by atoms with van der Waals surface area (Å²) in [6.45, 7) is 1.41. The van der Waals surface area contributed by atoms with Crippen molar-refractivity contribution in [2.75, 3.05) is 25.6 Å². The van der Waals surface area contributed by atoms with E-state index in [9.17, 15) is 0 Å². The Balaban J connectivity index is 2.01. The van der Waals surface area contributed by atoms with Crippen LogP contribution >= 0.6 is 0 Å². The molecule has 0 saturated heterocycles. The molecule has 0 radical (unpaired) electrons. The van der Waals surface area contributed by atoms with Crippen molar-refractivity contribution < 1.29 is 4.74 Å². The van der Waals surface area contributed by atoms with Gasteiger partial charge in [-0.25, -0.2) is 0 Å². The fourth-order valence-corrected chi connectivity index (χ4v) is 2.39. The highest BCUT2D eigenvalue weighted by molar-refractivity contribution is 5.65. The van der Waals surface area contributed by atoms with E-state index in [1.165, 1.54) is 11.1 Å². The number of anilines is 1. The summed E-state index contributed by atoms with van der Waals surface area (Å²) in [5, 5.41) is 3.51. The van der Waals surface area contributed by atoms with Gasteiger partial charge in [-0.15, -0.1) is 0 Å². The summed E-state index contributed by atoms with van der Waals surface area (Å²) in [5.74, 6) is 0. The molecule has 2 aromatic carbocycles. The molecule has 0 amide bonds. The van der Waals surface area contributed by atoms with Gasteiger partial charge < -0.3 is 15.8 Å². The van der Waals surface area contributed by atoms with Crippen LogP contribution in [0.15, 0.2) is 54.6 Å². The van der Waals surface area contributed by atoms with Gasteiger partial charge in [0.15, 0.2) is 0 Å². The molecular formula is C18H24N2O. The van der Waals surface area contributed by atoms with Gasteiger partial charge in [0, 0.05) is 18.8 Å². The molecule has 0 fully saturated rings. The highest BCUT2D eigenvalue weighted by Gasteiger charge is 2.07. The van der Waals surface area contributed by atoms with Crippen LogP contribution in [0.2, 0.25) is 0 Å². The molecule has 2 aromatic rings. The van der Waals surface area contributed by atoms with Crippen molar-refractivity contribution in [3.63, 3.8) is 0 Å². The quantitative estimate of drug-likeness (QED) is 0.779. The van der Waals surface area contributed by atoms with Crippen molar-refractivity contribution >= 4 is 5.69 Å². The second-order valence-corrected chi connectivity index (χ2v) is 5.17. The molecule has 0 aliphatic heterocycles. The smallest absolute Gasteiger partial charge is 0.0664 e. The van der Waals surface area contributed by atoms with Gasteiger partial charge in [-0.2, -0.15) is 0 Å². The van der Waals surface area contributed by atoms with Gasteiger partial charge in [0.25, 0.3) is 0 Å². The summed E-state index contributed by atoms with van der Waals surface area (Å²) in [5.41, 5.74) is 9.17. The standard InChI is InChI=1S/C18H24N2O/c1-21-14-18(8-5-13-19)20-17-11-9-16(10-12-17)15-6-3-2-4-7-15/h2-4,6-7,9-12,18,20H,5,8,13-14,19H2,1H3. The number of hydrogen-bond acceptors (Lipinski definition) is 3. The minimum Gasteiger partial charge on any atom is -0.383 e. The highest BCUT2D eigenvalue weighted by Crippen LogP contribution is 2.21. The van der Waals surface area contributed by atoms with Gasteiger partial charge in [-0.3, -0.25) is 0 Å². The SMILES string of the molecule is COCC(CCCN)Nc1ccc(-c2ccccc2)cc1. The van der Waals surface area contributed by atoms with E-state index in [0.717, 1.165) is 25.1 Å². The Bertz CT molecular complexity index is 511. The first-order chi connectivity index (χ1) is 10.3. The van der Waals surface area contributed by atoms with E-state index in [-0.39, 0.29) is 0 Å². The molecule has 3 heteroatoms. The first kappa shape index (κ1) is 15.5. The third-order valence-corrected chi connectivity index (χ3v) is 3.49. The van der Waals surface area contributed by atoms with Crippen molar-refractivity contribution in [2.45, 2.75) is 18.9 Å². The van der Waals surface area contributed by atoms with Gasteiger partial charge in [0.2, 0.25) is 0 Å². The number of rotatable bonds is 8. The van der Waals surface area contributed by atoms with E-state index >= 15 is 0 Å². The maximum atomic E-state index is 5.58. The lowest BCUT2D eigenvalue weighted by Gasteiger charge is -2.19. The van der Waals surface area contributed by atoms with Gasteiger partial charge in [0.1, 0.15) is 0 Å². The number of nitrogens with two attached hydrogens (primary N) is 1. The Morgan fingerprint density at radius 3 is 2.29 bits per heavy atom. The van der Waals surface area contributed by atoms with Crippen LogP contribution in [0.4, 0.5) is 5.69 Å². The second-order valence-electron chi connectivity index (χ2n) is 5.17. The van der Waals surface area contributed by atoms with Crippen molar-refractivity contribution in [1.29, 1.82) is 0 Å². The Morgan fingerprint density at radius 2 is 1.67 bits per heavy atom. The molecule has 2 rings (SSSR count). The summed E-state index contributed by atoms with van der Waals surface area (Å²) in [7, 11) is 1.73. The molecule has 0 heterocycles. The lowest BCUT2D eigenvalue weighted by Crippen LogP contribution is -2.25. The summed E-state index contributed by atoms with van der Waals surface area (Å²) in [6, 6.07) is 19.2. The predicted octanol–water partition coefficient (Wildman–Crippen LogP) is 3.52. The molecule has 1 atom stereocenters. The van der Waals surface area contributed by atoms with Crippen molar-refractivity contribution in [3.8, 4) is 11.1 Å². The van der Waals surface area contributed by atoms with E-state index in [1.807, 2.05) is 6.07 Å². The molecule has 112 valence electrons. The van der Waals surface area contributed by atoms with Gasteiger partial charge in [-0.05, 0) is 42.6 Å². The third-order valence-electron chi connectivity index (χ3n) is 3.49. The van der Waals surface area contributed by atoms with E-state index in [4.69, 9.17) is 10.5 Å². The number of methoxy groups -OCH3 is 1. The Labute approximate surface area is 127 Å². The highest BCUT2D eigenvalue weighted by atomic mass is 16.5. The molecule has 1 unspecified atom stereocenters. The minimum atomic E-state index is 0.307. The Kier molecular flexibility index (Phi) is 6.25. The van der Waals surface area contributed by atoms with Crippen molar-refractivity contribution in [1.82, 2.24) is 0 Å². The molecule has 0 bridgehead atoms. The lowest BCUT2D eigenvalue weighted by molar-refractivity contribution is 0.182. The second kappa shape index (κ2) is 8.45. The van der Waals surface area contributed by atoms with Crippen LogP contribution in [-0.2, 0) is 4.74 Å². The van der Waals surface area contributed by atoms with Crippen molar-refractivity contribution in [3.05, 3.63) is 54.6 Å². The van der Waals surface area contributed by atoms with Crippen LogP contribution in [0.3, 0.4) is 0 Å². The molecule has 0 aliphatic carbocycles. The average molecular weight is 284 g/mol. The maximum absolute atomic E-state index is 5.58. The summed E-state index contributed by atoms with van der Waals surface area (Å²) < 4.78 is 5.26. The van der Waals surface area contributed by atoms with Gasteiger partial charge >= 0.3 is 0 Å². The zero-order valence-corrected chi connectivity index (χ0v) is 12.6. The first-order valence-corrected chi connectivity index (χ1v) is 7.44. The summed E-state index contributed by atoms with van der Waals surface area (Å²) >= 11 is 0. The molecule has 0 spiro atoms. The topological polar surface area (TPSA) is 47.3 Å². The summed E-state index contributed by atoms with van der Waals surface area (Å²) in [6.07, 6.45) is 2.02. The maximum Gasteiger partial charge on any atom is 0.0664 e. The van der Waals surface area contributed by atoms with Crippen LogP contribution in [0, 0.1) is 0 Å². The predicted molar refractivity (Wildman–Crippen MR) is 89.5 cm³/mol. The average Bonchev–Trinajstić information content (AvgIpc) is 2.54. The summed E-state index contributed by atoms with van der Waals surface area (Å²) in [4.78, 5) is 0. The molecule has 3 nitrogen and oxygen atoms in total.